The van der Waals surface area contributed by atoms with Gasteiger partial charge in [-0.3, -0.25) is 9.67 Å². The third-order valence-corrected chi connectivity index (χ3v) is 3.92. The molecule has 108 valence electrons. The van der Waals surface area contributed by atoms with Gasteiger partial charge in [0.05, 0.1) is 28.8 Å². The van der Waals surface area contributed by atoms with Gasteiger partial charge < -0.3 is 11.1 Å². The van der Waals surface area contributed by atoms with E-state index in [9.17, 15) is 0 Å². The number of anilines is 2. The molecule has 0 fully saturated rings. The molecule has 0 radical (unpaired) electrons. The molecule has 3 N–H and O–H groups in total. The lowest BCUT2D eigenvalue weighted by Gasteiger charge is -2.12. The number of nitrogens with one attached hydrogen (secondary N) is 1. The Morgan fingerprint density at radius 3 is 2.90 bits per heavy atom. The SMILES string of the molecule is Cc1nn(C)cc1CNc1c(N)cnc2ccc(Br)cc12. The number of aryl methyl sites for hydroxylation is 2. The van der Waals surface area contributed by atoms with Gasteiger partial charge in [0.15, 0.2) is 0 Å². The largest absolute Gasteiger partial charge is 0.396 e. The summed E-state index contributed by atoms with van der Waals surface area (Å²) in [5.41, 5.74) is 10.7. The van der Waals surface area contributed by atoms with Crippen molar-refractivity contribution in [3.63, 3.8) is 0 Å². The number of fused-ring (bicyclic) bond motifs is 1. The molecular formula is C15H16BrN5. The quantitative estimate of drug-likeness (QED) is 0.764. The average Bonchev–Trinajstić information content (AvgIpc) is 2.76. The fraction of sp³-hybridized carbons (Fsp3) is 0.200. The van der Waals surface area contributed by atoms with Crippen LogP contribution in [0.5, 0.6) is 0 Å². The van der Waals surface area contributed by atoms with E-state index in [0.29, 0.717) is 12.2 Å². The number of halogens is 1. The van der Waals surface area contributed by atoms with E-state index in [1.165, 1.54) is 0 Å². The second kappa shape index (κ2) is 5.37. The maximum absolute atomic E-state index is 6.08. The molecule has 3 rings (SSSR count). The minimum atomic E-state index is 0.641. The smallest absolute Gasteiger partial charge is 0.0743 e. The number of nitrogens with zero attached hydrogens (tertiary/aromatic N) is 3. The van der Waals surface area contributed by atoms with Crippen LogP contribution in [0, 0.1) is 6.92 Å². The van der Waals surface area contributed by atoms with E-state index in [4.69, 9.17) is 5.73 Å². The van der Waals surface area contributed by atoms with Crippen LogP contribution in [0.4, 0.5) is 11.4 Å². The molecule has 2 aromatic heterocycles. The number of benzene rings is 1. The molecule has 0 aliphatic rings. The van der Waals surface area contributed by atoms with E-state index >= 15 is 0 Å². The Morgan fingerprint density at radius 1 is 1.38 bits per heavy atom. The summed E-state index contributed by atoms with van der Waals surface area (Å²) < 4.78 is 2.82. The number of rotatable bonds is 3. The van der Waals surface area contributed by atoms with E-state index in [1.54, 1.807) is 6.20 Å². The highest BCUT2D eigenvalue weighted by molar-refractivity contribution is 9.10. The van der Waals surface area contributed by atoms with Gasteiger partial charge in [-0.15, -0.1) is 0 Å². The van der Waals surface area contributed by atoms with Crippen LogP contribution in [-0.2, 0) is 13.6 Å². The summed E-state index contributed by atoms with van der Waals surface area (Å²) in [7, 11) is 1.92. The summed E-state index contributed by atoms with van der Waals surface area (Å²) in [4.78, 5) is 4.36. The molecule has 21 heavy (non-hydrogen) atoms. The minimum absolute atomic E-state index is 0.641. The van der Waals surface area contributed by atoms with Crippen molar-refractivity contribution < 1.29 is 0 Å². The third-order valence-electron chi connectivity index (χ3n) is 3.43. The molecule has 2 heterocycles. The lowest BCUT2D eigenvalue weighted by atomic mass is 10.1. The summed E-state index contributed by atoms with van der Waals surface area (Å²) in [5.74, 6) is 0. The highest BCUT2D eigenvalue weighted by Crippen LogP contribution is 2.30. The van der Waals surface area contributed by atoms with Gasteiger partial charge in [0.2, 0.25) is 0 Å². The van der Waals surface area contributed by atoms with Crippen LogP contribution in [0.1, 0.15) is 11.3 Å². The van der Waals surface area contributed by atoms with Crippen molar-refractivity contribution in [3.05, 3.63) is 46.3 Å². The molecule has 0 atom stereocenters. The van der Waals surface area contributed by atoms with E-state index < -0.39 is 0 Å². The Morgan fingerprint density at radius 2 is 2.19 bits per heavy atom. The maximum atomic E-state index is 6.08. The number of nitrogens with two attached hydrogens (primary N) is 1. The lowest BCUT2D eigenvalue weighted by Crippen LogP contribution is -2.04. The Bertz CT molecular complexity index is 804. The summed E-state index contributed by atoms with van der Waals surface area (Å²) in [6, 6.07) is 5.97. The first-order valence-electron chi connectivity index (χ1n) is 6.61. The second-order valence-electron chi connectivity index (χ2n) is 5.02. The van der Waals surface area contributed by atoms with Crippen LogP contribution in [0.25, 0.3) is 10.9 Å². The standard InChI is InChI=1S/C15H16BrN5/c1-9-10(8-21(2)20-9)6-19-15-12-5-11(16)3-4-14(12)18-7-13(15)17/h3-5,7-8H,6,17H2,1-2H3,(H,18,19). The Hall–Kier alpha value is -2.08. The average molecular weight is 346 g/mol. The molecule has 0 unspecified atom stereocenters. The molecule has 0 aliphatic carbocycles. The monoisotopic (exact) mass is 345 g/mol. The van der Waals surface area contributed by atoms with Crippen LogP contribution < -0.4 is 11.1 Å². The summed E-state index contributed by atoms with van der Waals surface area (Å²) >= 11 is 3.49. The molecule has 0 spiro atoms. The van der Waals surface area contributed by atoms with E-state index in [2.05, 4.69) is 31.3 Å². The first-order chi connectivity index (χ1) is 10.0. The van der Waals surface area contributed by atoms with Gasteiger partial charge in [0, 0.05) is 35.2 Å². The molecule has 0 aliphatic heterocycles. The van der Waals surface area contributed by atoms with Crippen molar-refractivity contribution >= 4 is 38.2 Å². The number of pyridine rings is 1. The van der Waals surface area contributed by atoms with Gasteiger partial charge in [-0.05, 0) is 25.1 Å². The van der Waals surface area contributed by atoms with E-state index in [0.717, 1.165) is 32.3 Å². The normalized spacial score (nSPS) is 11.0. The van der Waals surface area contributed by atoms with Gasteiger partial charge in [0.25, 0.3) is 0 Å². The van der Waals surface area contributed by atoms with Crippen molar-refractivity contribution in [1.82, 2.24) is 14.8 Å². The number of aromatic nitrogens is 3. The van der Waals surface area contributed by atoms with Crippen molar-refractivity contribution in [2.45, 2.75) is 13.5 Å². The highest BCUT2D eigenvalue weighted by Gasteiger charge is 2.09. The van der Waals surface area contributed by atoms with Crippen molar-refractivity contribution in [1.29, 1.82) is 0 Å². The van der Waals surface area contributed by atoms with Gasteiger partial charge in [-0.1, -0.05) is 15.9 Å². The Kier molecular flexibility index (Phi) is 3.55. The zero-order valence-corrected chi connectivity index (χ0v) is 13.5. The minimum Gasteiger partial charge on any atom is -0.396 e. The molecule has 1 aromatic carbocycles. The van der Waals surface area contributed by atoms with Gasteiger partial charge in [0.1, 0.15) is 0 Å². The predicted molar refractivity (Wildman–Crippen MR) is 89.1 cm³/mol. The van der Waals surface area contributed by atoms with Crippen LogP contribution in [0.15, 0.2) is 35.1 Å². The lowest BCUT2D eigenvalue weighted by molar-refractivity contribution is 0.756. The molecule has 3 aromatic rings. The molecule has 0 saturated heterocycles. The second-order valence-corrected chi connectivity index (χ2v) is 5.93. The topological polar surface area (TPSA) is 68.8 Å². The van der Waals surface area contributed by atoms with Crippen molar-refractivity contribution in [3.8, 4) is 0 Å². The highest BCUT2D eigenvalue weighted by atomic mass is 79.9. The van der Waals surface area contributed by atoms with Crippen LogP contribution in [0.3, 0.4) is 0 Å². The molecular weight excluding hydrogens is 330 g/mol. The molecule has 0 bridgehead atoms. The van der Waals surface area contributed by atoms with Crippen LogP contribution >= 0.6 is 15.9 Å². The summed E-state index contributed by atoms with van der Waals surface area (Å²) in [6.07, 6.45) is 3.70. The van der Waals surface area contributed by atoms with Gasteiger partial charge in [-0.25, -0.2) is 0 Å². The fourth-order valence-electron chi connectivity index (χ4n) is 2.38. The van der Waals surface area contributed by atoms with Crippen LogP contribution in [-0.4, -0.2) is 14.8 Å². The first kappa shape index (κ1) is 13.9. The molecule has 0 saturated carbocycles. The van der Waals surface area contributed by atoms with Crippen LogP contribution in [0.2, 0.25) is 0 Å². The predicted octanol–water partition coefficient (Wildman–Crippen LogP) is 3.23. The number of hydrogen-bond donors (Lipinski definition) is 2. The third kappa shape index (κ3) is 2.71. The zero-order valence-electron chi connectivity index (χ0n) is 11.9. The first-order valence-corrected chi connectivity index (χ1v) is 7.40. The maximum Gasteiger partial charge on any atom is 0.0743 e. The Balaban J connectivity index is 1.98. The Labute approximate surface area is 131 Å². The van der Waals surface area contributed by atoms with E-state index in [-0.39, 0.29) is 0 Å². The fourth-order valence-corrected chi connectivity index (χ4v) is 2.74. The zero-order chi connectivity index (χ0) is 15.0. The number of hydrogen-bond acceptors (Lipinski definition) is 4. The molecule has 6 heteroatoms. The molecule has 5 nitrogen and oxygen atoms in total. The number of nitrogen functional groups attached to an aromatic ring is 1. The van der Waals surface area contributed by atoms with E-state index in [1.807, 2.05) is 43.0 Å². The van der Waals surface area contributed by atoms with Crippen molar-refractivity contribution in [2.24, 2.45) is 7.05 Å². The van der Waals surface area contributed by atoms with Gasteiger partial charge in [-0.2, -0.15) is 5.10 Å². The molecule has 0 amide bonds. The van der Waals surface area contributed by atoms with Crippen molar-refractivity contribution in [2.75, 3.05) is 11.1 Å². The summed E-state index contributed by atoms with van der Waals surface area (Å²) in [5, 5.41) is 8.77. The summed E-state index contributed by atoms with van der Waals surface area (Å²) in [6.45, 7) is 2.68. The van der Waals surface area contributed by atoms with Gasteiger partial charge >= 0.3 is 0 Å².